The summed E-state index contributed by atoms with van der Waals surface area (Å²) < 4.78 is 5.27. The second-order valence-electron chi connectivity index (χ2n) is 4.08. The number of carbonyl (C=O) groups excluding carboxylic acids is 2. The summed E-state index contributed by atoms with van der Waals surface area (Å²) in [7, 11) is 0. The molecule has 17 heavy (non-hydrogen) atoms. The summed E-state index contributed by atoms with van der Waals surface area (Å²) in [5.41, 5.74) is 0. The van der Waals surface area contributed by atoms with Gasteiger partial charge in [0.1, 0.15) is 6.54 Å². The van der Waals surface area contributed by atoms with Crippen LogP contribution in [0.15, 0.2) is 0 Å². The van der Waals surface area contributed by atoms with Crippen LogP contribution >= 0.6 is 11.8 Å². The van der Waals surface area contributed by atoms with Gasteiger partial charge < -0.3 is 19.6 Å². The van der Waals surface area contributed by atoms with Crippen LogP contribution in [-0.2, 0) is 14.3 Å². The molecular weight excluding hydrogens is 244 g/mol. The van der Waals surface area contributed by atoms with Gasteiger partial charge in [-0.05, 0) is 0 Å². The number of amides is 2. The van der Waals surface area contributed by atoms with Gasteiger partial charge in [0.2, 0.25) is 11.8 Å². The lowest BCUT2D eigenvalue weighted by atomic mass is 10.2. The van der Waals surface area contributed by atoms with Crippen LogP contribution in [0, 0.1) is 0 Å². The minimum Gasteiger partial charge on any atom is -0.394 e. The highest BCUT2D eigenvalue weighted by molar-refractivity contribution is 8.00. The number of morpholine rings is 1. The lowest BCUT2D eigenvalue weighted by Gasteiger charge is -2.33. The van der Waals surface area contributed by atoms with Gasteiger partial charge in [-0.25, -0.2) is 0 Å². The van der Waals surface area contributed by atoms with E-state index in [1.807, 2.05) is 0 Å². The van der Waals surface area contributed by atoms with E-state index in [0.717, 1.165) is 0 Å². The Balaban J connectivity index is 1.84. The van der Waals surface area contributed by atoms with Crippen molar-refractivity contribution in [3.05, 3.63) is 0 Å². The molecule has 1 N–H and O–H groups in total. The van der Waals surface area contributed by atoms with Crippen molar-refractivity contribution in [3.8, 4) is 0 Å². The van der Waals surface area contributed by atoms with Crippen molar-refractivity contribution >= 4 is 23.6 Å². The molecule has 0 spiro atoms. The van der Waals surface area contributed by atoms with E-state index in [4.69, 9.17) is 9.84 Å². The Morgan fingerprint density at radius 3 is 3.06 bits per heavy atom. The first-order valence-electron chi connectivity index (χ1n) is 5.56. The molecule has 6 nitrogen and oxygen atoms in total. The van der Waals surface area contributed by atoms with Crippen LogP contribution in [0.25, 0.3) is 0 Å². The fraction of sp³-hybridized carbons (Fsp3) is 0.800. The van der Waals surface area contributed by atoms with Crippen LogP contribution in [-0.4, -0.2) is 77.3 Å². The first-order chi connectivity index (χ1) is 8.20. The predicted molar refractivity (Wildman–Crippen MR) is 62.4 cm³/mol. The van der Waals surface area contributed by atoms with Crippen molar-refractivity contribution in [1.29, 1.82) is 0 Å². The third-order valence-corrected chi connectivity index (χ3v) is 3.79. The second kappa shape index (κ2) is 5.70. The van der Waals surface area contributed by atoms with Crippen molar-refractivity contribution < 1.29 is 19.4 Å². The van der Waals surface area contributed by atoms with Gasteiger partial charge in [-0.2, -0.15) is 0 Å². The molecule has 0 bridgehead atoms. The molecule has 2 rings (SSSR count). The van der Waals surface area contributed by atoms with Crippen LogP contribution in [0.3, 0.4) is 0 Å². The minimum atomic E-state index is -0.295. The highest BCUT2D eigenvalue weighted by Gasteiger charge is 2.28. The Labute approximate surface area is 104 Å². The summed E-state index contributed by atoms with van der Waals surface area (Å²) in [5, 5.41) is 8.99. The average Bonchev–Trinajstić information content (AvgIpc) is 2.75. The molecule has 2 saturated heterocycles. The highest BCUT2D eigenvalue weighted by Crippen LogP contribution is 2.15. The molecule has 7 heteroatoms. The standard InChI is InChI=1S/C10H16N2O4S/c13-5-8-3-11(1-2-16-8)9(14)4-12-7-17-6-10(12)15/h8,13H,1-7H2. The molecule has 0 aliphatic carbocycles. The van der Waals surface area contributed by atoms with E-state index >= 15 is 0 Å². The van der Waals surface area contributed by atoms with E-state index < -0.39 is 0 Å². The van der Waals surface area contributed by atoms with Gasteiger partial charge in [-0.15, -0.1) is 11.8 Å². The van der Waals surface area contributed by atoms with E-state index in [-0.39, 0.29) is 31.1 Å². The van der Waals surface area contributed by atoms with Crippen molar-refractivity contribution in [1.82, 2.24) is 9.80 Å². The normalized spacial score (nSPS) is 25.5. The first kappa shape index (κ1) is 12.7. The predicted octanol–water partition coefficient (Wildman–Crippen LogP) is -1.26. The summed E-state index contributed by atoms with van der Waals surface area (Å²) in [6.45, 7) is 1.45. The van der Waals surface area contributed by atoms with Crippen molar-refractivity contribution in [3.63, 3.8) is 0 Å². The second-order valence-corrected chi connectivity index (χ2v) is 5.04. The fourth-order valence-electron chi connectivity index (χ4n) is 1.86. The number of rotatable bonds is 3. The van der Waals surface area contributed by atoms with Crippen LogP contribution in [0.5, 0.6) is 0 Å². The summed E-state index contributed by atoms with van der Waals surface area (Å²) in [4.78, 5) is 26.5. The van der Waals surface area contributed by atoms with Gasteiger partial charge in [0.05, 0.1) is 30.9 Å². The maximum atomic E-state index is 11.9. The number of aliphatic hydroxyl groups excluding tert-OH is 1. The third kappa shape index (κ3) is 3.11. The molecule has 2 amide bonds. The Morgan fingerprint density at radius 1 is 1.59 bits per heavy atom. The van der Waals surface area contributed by atoms with E-state index in [9.17, 15) is 9.59 Å². The van der Waals surface area contributed by atoms with Crippen LogP contribution in [0.2, 0.25) is 0 Å². The third-order valence-electron chi connectivity index (χ3n) is 2.85. The largest absolute Gasteiger partial charge is 0.394 e. The highest BCUT2D eigenvalue weighted by atomic mass is 32.2. The summed E-state index contributed by atoms with van der Waals surface area (Å²) in [5.74, 6) is 1.02. The Hall–Kier alpha value is -0.790. The zero-order valence-corrected chi connectivity index (χ0v) is 10.3. The molecule has 1 atom stereocenters. The molecule has 96 valence electrons. The fourth-order valence-corrected chi connectivity index (χ4v) is 2.76. The molecule has 2 heterocycles. The Morgan fingerprint density at radius 2 is 2.41 bits per heavy atom. The maximum absolute atomic E-state index is 11.9. The van der Waals surface area contributed by atoms with Crippen molar-refractivity contribution in [2.75, 3.05) is 44.5 Å². The molecule has 0 aromatic rings. The van der Waals surface area contributed by atoms with Gasteiger partial charge in [-0.1, -0.05) is 0 Å². The topological polar surface area (TPSA) is 70.1 Å². The van der Waals surface area contributed by atoms with E-state index in [2.05, 4.69) is 0 Å². The Bertz CT molecular complexity index is 313. The zero-order valence-electron chi connectivity index (χ0n) is 9.50. The van der Waals surface area contributed by atoms with Crippen LogP contribution in [0.4, 0.5) is 0 Å². The van der Waals surface area contributed by atoms with Gasteiger partial charge >= 0.3 is 0 Å². The quantitative estimate of drug-likeness (QED) is 0.686. The number of thioether (sulfide) groups is 1. The molecule has 2 aliphatic heterocycles. The molecule has 0 radical (unpaired) electrons. The van der Waals surface area contributed by atoms with Crippen LogP contribution in [0.1, 0.15) is 0 Å². The number of hydrogen-bond acceptors (Lipinski definition) is 5. The summed E-state index contributed by atoms with van der Waals surface area (Å²) >= 11 is 1.52. The lowest BCUT2D eigenvalue weighted by molar-refractivity contribution is -0.144. The maximum Gasteiger partial charge on any atom is 0.242 e. The van der Waals surface area contributed by atoms with Gasteiger partial charge in [-0.3, -0.25) is 9.59 Å². The number of carbonyl (C=O) groups is 2. The Kier molecular flexibility index (Phi) is 4.25. The number of hydrogen-bond donors (Lipinski definition) is 1. The molecular formula is C10H16N2O4S. The van der Waals surface area contributed by atoms with Crippen molar-refractivity contribution in [2.45, 2.75) is 6.10 Å². The molecule has 0 aromatic heterocycles. The molecule has 2 aliphatic rings. The van der Waals surface area contributed by atoms with E-state index in [1.165, 1.54) is 11.8 Å². The first-order valence-corrected chi connectivity index (χ1v) is 6.72. The molecule has 0 aromatic carbocycles. The van der Waals surface area contributed by atoms with E-state index in [0.29, 0.717) is 31.3 Å². The monoisotopic (exact) mass is 260 g/mol. The lowest BCUT2D eigenvalue weighted by Crippen LogP contribution is -2.50. The van der Waals surface area contributed by atoms with Crippen molar-refractivity contribution in [2.24, 2.45) is 0 Å². The summed E-state index contributed by atoms with van der Waals surface area (Å²) in [6.07, 6.45) is -0.295. The number of ether oxygens (including phenoxy) is 1. The zero-order chi connectivity index (χ0) is 12.3. The smallest absolute Gasteiger partial charge is 0.242 e. The van der Waals surface area contributed by atoms with Crippen LogP contribution < -0.4 is 0 Å². The molecule has 1 unspecified atom stereocenters. The molecule has 0 saturated carbocycles. The number of nitrogens with zero attached hydrogens (tertiary/aromatic N) is 2. The summed E-state index contributed by atoms with van der Waals surface area (Å²) in [6, 6.07) is 0. The SMILES string of the molecule is O=C1CSCN1CC(=O)N1CCOC(CO)C1. The minimum absolute atomic E-state index is 0.0234. The van der Waals surface area contributed by atoms with Gasteiger partial charge in [0.25, 0.3) is 0 Å². The van der Waals surface area contributed by atoms with Gasteiger partial charge in [0, 0.05) is 13.1 Å². The number of aliphatic hydroxyl groups is 1. The average molecular weight is 260 g/mol. The molecule has 2 fully saturated rings. The van der Waals surface area contributed by atoms with Gasteiger partial charge in [0.15, 0.2) is 0 Å². The van der Waals surface area contributed by atoms with E-state index in [1.54, 1.807) is 9.80 Å².